The number of hydrogen-bond acceptors (Lipinski definition) is 5. The predicted molar refractivity (Wildman–Crippen MR) is 68.7 cm³/mol. The zero-order valence-corrected chi connectivity index (χ0v) is 10.9. The van der Waals surface area contributed by atoms with Crippen molar-refractivity contribution in [2.45, 2.75) is 33.3 Å². The highest BCUT2D eigenvalue weighted by atomic mass is 16.6. The van der Waals surface area contributed by atoms with Gasteiger partial charge in [0.05, 0.1) is 11.9 Å². The highest BCUT2D eigenvalue weighted by Crippen LogP contribution is 2.10. The van der Waals surface area contributed by atoms with E-state index in [1.807, 2.05) is 0 Å². The van der Waals surface area contributed by atoms with E-state index in [9.17, 15) is 4.79 Å². The van der Waals surface area contributed by atoms with Crippen molar-refractivity contribution < 1.29 is 19.6 Å². The summed E-state index contributed by atoms with van der Waals surface area (Å²) >= 11 is 0. The molecular weight excluding hydrogens is 235 g/mol. The molecule has 0 atom stereocenters. The van der Waals surface area contributed by atoms with Gasteiger partial charge in [-0.25, -0.2) is 4.79 Å². The molecule has 1 rings (SSSR count). The molecule has 1 amide bonds. The maximum atomic E-state index is 11.5. The zero-order valence-electron chi connectivity index (χ0n) is 10.9. The Bertz CT molecular complexity index is 443. The van der Waals surface area contributed by atoms with Gasteiger partial charge in [0, 0.05) is 11.2 Å². The number of amides is 1. The molecule has 0 bridgehead atoms. The maximum Gasteiger partial charge on any atom is 0.490 e. The summed E-state index contributed by atoms with van der Waals surface area (Å²) in [4.78, 5) is 15.5. The van der Waals surface area contributed by atoms with Gasteiger partial charge >= 0.3 is 13.2 Å². The van der Waals surface area contributed by atoms with Gasteiger partial charge in [0.25, 0.3) is 0 Å². The molecule has 7 heteroatoms. The molecular formula is C11H17BN2O4. The number of aryl methyl sites for hydroxylation is 1. The fraction of sp³-hybridized carbons (Fsp3) is 0.455. The second-order valence-corrected chi connectivity index (χ2v) is 4.90. The first-order valence-electron chi connectivity index (χ1n) is 5.52. The van der Waals surface area contributed by atoms with Gasteiger partial charge in [-0.1, -0.05) is 0 Å². The molecule has 0 aliphatic carbocycles. The van der Waals surface area contributed by atoms with E-state index in [1.54, 1.807) is 27.7 Å². The molecule has 1 heterocycles. The third kappa shape index (κ3) is 4.35. The van der Waals surface area contributed by atoms with E-state index in [0.717, 1.165) is 0 Å². The van der Waals surface area contributed by atoms with Crippen LogP contribution in [0.4, 0.5) is 10.5 Å². The minimum absolute atomic E-state index is 0.239. The van der Waals surface area contributed by atoms with Crippen molar-refractivity contribution in [3.05, 3.63) is 18.0 Å². The Balaban J connectivity index is 2.80. The van der Waals surface area contributed by atoms with Crippen LogP contribution in [0.1, 0.15) is 26.5 Å². The Morgan fingerprint density at radius 2 is 2.06 bits per heavy atom. The Labute approximate surface area is 106 Å². The molecule has 0 unspecified atom stereocenters. The number of nitrogens with one attached hydrogen (secondary N) is 1. The van der Waals surface area contributed by atoms with E-state index >= 15 is 0 Å². The lowest BCUT2D eigenvalue weighted by atomic mass is 9.79. The van der Waals surface area contributed by atoms with E-state index in [0.29, 0.717) is 11.4 Å². The average molecular weight is 252 g/mol. The molecule has 0 aliphatic heterocycles. The van der Waals surface area contributed by atoms with E-state index in [1.165, 1.54) is 12.3 Å². The third-order valence-electron chi connectivity index (χ3n) is 2.05. The first-order valence-corrected chi connectivity index (χ1v) is 5.52. The van der Waals surface area contributed by atoms with Crippen LogP contribution in [0.3, 0.4) is 0 Å². The molecule has 1 aromatic rings. The fourth-order valence-corrected chi connectivity index (χ4v) is 1.30. The molecule has 0 aromatic carbocycles. The topological polar surface area (TPSA) is 91.7 Å². The van der Waals surface area contributed by atoms with Crippen LogP contribution in [0.15, 0.2) is 12.3 Å². The highest BCUT2D eigenvalue weighted by molar-refractivity contribution is 6.59. The largest absolute Gasteiger partial charge is 0.490 e. The van der Waals surface area contributed by atoms with Crippen LogP contribution in [0, 0.1) is 6.92 Å². The van der Waals surface area contributed by atoms with Crippen molar-refractivity contribution in [1.82, 2.24) is 4.98 Å². The van der Waals surface area contributed by atoms with Crippen molar-refractivity contribution in [2.75, 3.05) is 5.32 Å². The lowest BCUT2D eigenvalue weighted by Gasteiger charge is -2.19. The van der Waals surface area contributed by atoms with Crippen molar-refractivity contribution in [3.8, 4) is 0 Å². The van der Waals surface area contributed by atoms with Gasteiger partial charge < -0.3 is 14.8 Å². The summed E-state index contributed by atoms with van der Waals surface area (Å²) < 4.78 is 5.07. The number of rotatable bonds is 2. The summed E-state index contributed by atoms with van der Waals surface area (Å²) in [6, 6.07) is 1.44. The first-order chi connectivity index (χ1) is 8.19. The molecule has 6 nitrogen and oxygen atoms in total. The number of ether oxygens (including phenoxy) is 1. The standard InChI is InChI=1S/C11H17BN2O4/c1-7-9(12(16)17)5-8(6-13-7)14-10(15)18-11(2,3)4/h5-6,16-17H,1-4H3,(H,14,15). The lowest BCUT2D eigenvalue weighted by Crippen LogP contribution is -2.33. The Morgan fingerprint density at radius 3 is 2.56 bits per heavy atom. The first kappa shape index (κ1) is 14.5. The van der Waals surface area contributed by atoms with Crippen molar-refractivity contribution in [2.24, 2.45) is 0 Å². The number of nitrogens with zero attached hydrogens (tertiary/aromatic N) is 1. The Hall–Kier alpha value is -1.60. The quantitative estimate of drug-likeness (QED) is 0.663. The SMILES string of the molecule is Cc1ncc(NC(=O)OC(C)(C)C)cc1B(O)O. The molecule has 0 spiro atoms. The minimum Gasteiger partial charge on any atom is -0.444 e. The molecule has 0 saturated heterocycles. The van der Waals surface area contributed by atoms with Crippen LogP contribution in [0.25, 0.3) is 0 Å². The predicted octanol–water partition coefficient (Wildman–Crippen LogP) is 0.417. The van der Waals surface area contributed by atoms with Crippen LogP contribution in [0.5, 0.6) is 0 Å². The highest BCUT2D eigenvalue weighted by Gasteiger charge is 2.19. The van der Waals surface area contributed by atoms with Crippen LogP contribution in [0.2, 0.25) is 0 Å². The van der Waals surface area contributed by atoms with Gasteiger partial charge in [0.15, 0.2) is 0 Å². The second-order valence-electron chi connectivity index (χ2n) is 4.90. The third-order valence-corrected chi connectivity index (χ3v) is 2.05. The van der Waals surface area contributed by atoms with Crippen LogP contribution >= 0.6 is 0 Å². The van der Waals surface area contributed by atoms with Crippen molar-refractivity contribution in [1.29, 1.82) is 0 Å². The van der Waals surface area contributed by atoms with Gasteiger partial charge in [-0.15, -0.1) is 0 Å². The summed E-state index contributed by atoms with van der Waals surface area (Å²) in [6.45, 7) is 6.90. The molecule has 18 heavy (non-hydrogen) atoms. The number of aromatic nitrogens is 1. The van der Waals surface area contributed by atoms with Gasteiger partial charge in [-0.3, -0.25) is 10.3 Å². The molecule has 98 valence electrons. The number of anilines is 1. The number of carbonyl (C=O) groups excluding carboxylic acids is 1. The lowest BCUT2D eigenvalue weighted by molar-refractivity contribution is 0.0636. The van der Waals surface area contributed by atoms with Gasteiger partial charge in [-0.05, 0) is 33.8 Å². The molecule has 3 N–H and O–H groups in total. The smallest absolute Gasteiger partial charge is 0.444 e. The van der Waals surface area contributed by atoms with E-state index in [4.69, 9.17) is 14.8 Å². The summed E-state index contributed by atoms with van der Waals surface area (Å²) in [5.41, 5.74) is 0.475. The van der Waals surface area contributed by atoms with E-state index in [2.05, 4.69) is 10.3 Å². The van der Waals surface area contributed by atoms with Gasteiger partial charge in [-0.2, -0.15) is 0 Å². The molecule has 0 radical (unpaired) electrons. The summed E-state index contributed by atoms with van der Waals surface area (Å²) in [6.07, 6.45) is 0.803. The molecule has 1 aromatic heterocycles. The number of pyridine rings is 1. The fourth-order valence-electron chi connectivity index (χ4n) is 1.30. The monoisotopic (exact) mass is 252 g/mol. The molecule has 0 fully saturated rings. The van der Waals surface area contributed by atoms with Crippen LogP contribution in [-0.2, 0) is 4.74 Å². The Kier molecular flexibility index (Phi) is 4.31. The molecule has 0 aliphatic rings. The second kappa shape index (κ2) is 5.37. The maximum absolute atomic E-state index is 11.5. The van der Waals surface area contributed by atoms with E-state index in [-0.39, 0.29) is 5.46 Å². The number of hydrogen-bond donors (Lipinski definition) is 3. The summed E-state index contributed by atoms with van der Waals surface area (Å²) in [7, 11) is -1.63. The molecule has 0 saturated carbocycles. The minimum atomic E-state index is -1.63. The zero-order chi connectivity index (χ0) is 13.9. The van der Waals surface area contributed by atoms with E-state index < -0.39 is 18.8 Å². The summed E-state index contributed by atoms with van der Waals surface area (Å²) in [5, 5.41) is 20.7. The van der Waals surface area contributed by atoms with Gasteiger partial charge in [0.2, 0.25) is 0 Å². The average Bonchev–Trinajstić information content (AvgIpc) is 2.17. The van der Waals surface area contributed by atoms with Crippen molar-refractivity contribution >= 4 is 24.4 Å². The normalized spacial score (nSPS) is 11.0. The summed E-state index contributed by atoms with van der Waals surface area (Å²) in [5.74, 6) is 0. The number of carbonyl (C=O) groups is 1. The van der Waals surface area contributed by atoms with Crippen LogP contribution < -0.4 is 10.8 Å². The Morgan fingerprint density at radius 1 is 1.44 bits per heavy atom. The van der Waals surface area contributed by atoms with Crippen molar-refractivity contribution in [3.63, 3.8) is 0 Å². The van der Waals surface area contributed by atoms with Gasteiger partial charge in [0.1, 0.15) is 5.60 Å². The van der Waals surface area contributed by atoms with Crippen LogP contribution in [-0.4, -0.2) is 33.8 Å².